The quantitative estimate of drug-likeness (QED) is 0.600. The summed E-state index contributed by atoms with van der Waals surface area (Å²) in [6.45, 7) is 3.43. The highest BCUT2D eigenvalue weighted by atomic mass is 16.1. The Kier molecular flexibility index (Phi) is 5.98. The molecule has 1 heterocycles. The molecule has 0 spiro atoms. The fraction of sp³-hybridized carbons (Fsp3) is 0.429. The van der Waals surface area contributed by atoms with Gasteiger partial charge in [-0.05, 0) is 18.2 Å². The molecule has 0 saturated heterocycles. The normalized spacial score (nSPS) is 7.82. The molecule has 0 amide bonds. The van der Waals surface area contributed by atoms with Crippen LogP contribution in [0.15, 0.2) is 18.5 Å². The van der Waals surface area contributed by atoms with E-state index in [9.17, 15) is 4.79 Å². The first-order valence-electron chi connectivity index (χ1n) is 3.35. The lowest BCUT2D eigenvalue weighted by atomic mass is 10.4. The van der Waals surface area contributed by atoms with Gasteiger partial charge in [-0.2, -0.15) is 0 Å². The van der Waals surface area contributed by atoms with E-state index in [1.165, 1.54) is 0 Å². The number of hydrogen-bond donors (Lipinski definition) is 0. The van der Waals surface area contributed by atoms with Gasteiger partial charge in [-0.15, -0.1) is 10.2 Å². The van der Waals surface area contributed by atoms with E-state index >= 15 is 0 Å². The number of carbonyl (C=O) groups excluding carboxylic acids is 1. The predicted molar refractivity (Wildman–Crippen MR) is 40.8 cm³/mol. The average Bonchev–Trinajstić information content (AvgIpc) is 2.09. The molecule has 0 aliphatic carbocycles. The summed E-state index contributed by atoms with van der Waals surface area (Å²) in [5.74, 6) is 0.255. The molecule has 0 fully saturated rings. The van der Waals surface area contributed by atoms with Crippen LogP contribution in [0, 0.1) is 0 Å². The van der Waals surface area contributed by atoms with Crippen LogP contribution in [0.4, 0.5) is 0 Å². The van der Waals surface area contributed by atoms with Crippen molar-refractivity contribution >= 4 is 5.78 Å². The van der Waals surface area contributed by atoms with E-state index in [0.29, 0.717) is 6.42 Å². The molecule has 1 aromatic heterocycles. The van der Waals surface area contributed by atoms with Gasteiger partial charge in [0, 0.05) is 6.42 Å². The predicted octanol–water partition coefficient (Wildman–Crippen LogP) is 0.857. The van der Waals surface area contributed by atoms with Crippen LogP contribution in [0.2, 0.25) is 0 Å². The molecule has 0 aliphatic heterocycles. The van der Waals surface area contributed by atoms with Gasteiger partial charge in [0.25, 0.3) is 0 Å². The van der Waals surface area contributed by atoms with E-state index in [1.807, 2.05) is 6.92 Å². The summed E-state index contributed by atoms with van der Waals surface area (Å²) < 4.78 is 0. The molecule has 0 N–H and O–H groups in total. The second-order valence-corrected chi connectivity index (χ2v) is 1.87. The van der Waals surface area contributed by atoms with Crippen LogP contribution >= 0.6 is 0 Å². The van der Waals surface area contributed by atoms with Crippen LogP contribution in [-0.2, 0) is 4.79 Å². The molecule has 0 aliphatic rings. The van der Waals surface area contributed by atoms with Crippen molar-refractivity contribution in [1.29, 1.82) is 0 Å². The first-order chi connectivity index (χ1) is 5.27. The maximum absolute atomic E-state index is 9.81. The molecule has 1 aromatic rings. The van der Waals surface area contributed by atoms with Crippen molar-refractivity contribution in [2.45, 2.75) is 20.3 Å². The fourth-order valence-corrected chi connectivity index (χ4v) is 0.205. The van der Waals surface area contributed by atoms with Crippen molar-refractivity contribution in [3.8, 4) is 0 Å². The Balaban J connectivity index is 0.000000187. The maximum atomic E-state index is 9.81. The molecular formula is C7H11N3O. The Morgan fingerprint density at radius 3 is 1.91 bits per heavy atom. The third-order valence-corrected chi connectivity index (χ3v) is 0.907. The second-order valence-electron chi connectivity index (χ2n) is 1.87. The van der Waals surface area contributed by atoms with E-state index in [1.54, 1.807) is 25.4 Å². The molecule has 4 nitrogen and oxygen atoms in total. The van der Waals surface area contributed by atoms with Gasteiger partial charge in [0.1, 0.15) is 5.78 Å². The number of rotatable bonds is 1. The highest BCUT2D eigenvalue weighted by molar-refractivity contribution is 5.74. The van der Waals surface area contributed by atoms with Crippen molar-refractivity contribution in [1.82, 2.24) is 15.4 Å². The smallest absolute Gasteiger partial charge is 0.129 e. The van der Waals surface area contributed by atoms with Crippen molar-refractivity contribution in [3.63, 3.8) is 0 Å². The summed E-state index contributed by atoms with van der Waals surface area (Å²) in [6, 6.07) is 1.72. The highest BCUT2D eigenvalue weighted by Gasteiger charge is 1.76. The van der Waals surface area contributed by atoms with Gasteiger partial charge >= 0.3 is 0 Å². The zero-order chi connectivity index (χ0) is 8.53. The molecule has 0 atom stereocenters. The molecule has 4 heteroatoms. The van der Waals surface area contributed by atoms with Gasteiger partial charge < -0.3 is 4.79 Å². The lowest BCUT2D eigenvalue weighted by molar-refractivity contribution is -0.116. The minimum atomic E-state index is 0.255. The van der Waals surface area contributed by atoms with Gasteiger partial charge in [0.05, 0.1) is 12.4 Å². The van der Waals surface area contributed by atoms with E-state index in [0.717, 1.165) is 0 Å². The van der Waals surface area contributed by atoms with E-state index < -0.39 is 0 Å². The van der Waals surface area contributed by atoms with Gasteiger partial charge in [-0.25, -0.2) is 0 Å². The topological polar surface area (TPSA) is 55.7 Å². The minimum Gasteiger partial charge on any atom is -0.300 e. The van der Waals surface area contributed by atoms with E-state index in [4.69, 9.17) is 0 Å². The summed E-state index contributed by atoms with van der Waals surface area (Å²) in [7, 11) is 0. The number of Topliss-reactive ketones (excluding diaryl/α,β-unsaturated/α-hetero) is 1. The maximum Gasteiger partial charge on any atom is 0.129 e. The zero-order valence-electron chi connectivity index (χ0n) is 6.69. The second kappa shape index (κ2) is 6.80. The number of hydrogen-bond acceptors (Lipinski definition) is 4. The lowest BCUT2D eigenvalue weighted by Gasteiger charge is -1.71. The largest absolute Gasteiger partial charge is 0.300 e. The number of ketones is 1. The first-order valence-corrected chi connectivity index (χ1v) is 3.35. The standard InChI is InChI=1S/C4H8O.C3H3N3/c1-3-4(2)5;1-2-4-6-5-3-1/h3H2,1-2H3;1-3H. The van der Waals surface area contributed by atoms with Gasteiger partial charge in [-0.3, -0.25) is 0 Å². The molecule has 1 rings (SSSR count). The van der Waals surface area contributed by atoms with Gasteiger partial charge in [0.15, 0.2) is 0 Å². The molecule has 11 heavy (non-hydrogen) atoms. The van der Waals surface area contributed by atoms with Crippen LogP contribution < -0.4 is 0 Å². The van der Waals surface area contributed by atoms with E-state index in [-0.39, 0.29) is 5.78 Å². The Morgan fingerprint density at radius 2 is 1.82 bits per heavy atom. The van der Waals surface area contributed by atoms with Crippen LogP contribution in [0.1, 0.15) is 20.3 Å². The summed E-state index contributed by atoms with van der Waals surface area (Å²) in [6.07, 6.45) is 3.82. The third kappa shape index (κ3) is 8.68. The first kappa shape index (κ1) is 9.68. The van der Waals surface area contributed by atoms with Crippen molar-refractivity contribution in [3.05, 3.63) is 18.5 Å². The van der Waals surface area contributed by atoms with Crippen molar-refractivity contribution < 1.29 is 4.79 Å². The monoisotopic (exact) mass is 153 g/mol. The van der Waals surface area contributed by atoms with Crippen molar-refractivity contribution in [2.75, 3.05) is 0 Å². The lowest BCUT2D eigenvalue weighted by Crippen LogP contribution is -1.80. The summed E-state index contributed by atoms with van der Waals surface area (Å²) in [5.41, 5.74) is 0. The number of nitrogens with zero attached hydrogens (tertiary/aromatic N) is 3. The number of carbonyl (C=O) groups is 1. The van der Waals surface area contributed by atoms with Crippen LogP contribution in [0.3, 0.4) is 0 Å². The highest BCUT2D eigenvalue weighted by Crippen LogP contribution is 1.71. The molecular weight excluding hydrogens is 142 g/mol. The summed E-state index contributed by atoms with van der Waals surface area (Å²) in [4.78, 5) is 9.81. The van der Waals surface area contributed by atoms with Crippen LogP contribution in [0.5, 0.6) is 0 Å². The Bertz CT molecular complexity index is 161. The number of aromatic nitrogens is 3. The van der Waals surface area contributed by atoms with Gasteiger partial charge in [0.2, 0.25) is 0 Å². The average molecular weight is 153 g/mol. The summed E-state index contributed by atoms with van der Waals surface area (Å²) >= 11 is 0. The van der Waals surface area contributed by atoms with Gasteiger partial charge in [-0.1, -0.05) is 6.92 Å². The van der Waals surface area contributed by atoms with Crippen LogP contribution in [-0.4, -0.2) is 21.2 Å². The van der Waals surface area contributed by atoms with Crippen LogP contribution in [0.25, 0.3) is 0 Å². The molecule has 60 valence electrons. The Labute approximate surface area is 65.7 Å². The zero-order valence-corrected chi connectivity index (χ0v) is 6.69. The molecule has 0 bridgehead atoms. The summed E-state index contributed by atoms with van der Waals surface area (Å²) in [5, 5.41) is 10.1. The van der Waals surface area contributed by atoms with E-state index in [2.05, 4.69) is 15.4 Å². The molecule has 0 unspecified atom stereocenters. The molecule has 0 aromatic carbocycles. The Hall–Kier alpha value is -1.32. The van der Waals surface area contributed by atoms with Crippen molar-refractivity contribution in [2.24, 2.45) is 0 Å². The fourth-order valence-electron chi connectivity index (χ4n) is 0.205. The third-order valence-electron chi connectivity index (χ3n) is 0.907. The SMILES string of the molecule is CCC(C)=O.c1cnnnc1. The Morgan fingerprint density at radius 1 is 1.36 bits per heavy atom. The minimum absolute atomic E-state index is 0.255. The molecule has 0 radical (unpaired) electrons. The molecule has 0 saturated carbocycles.